The SMILES string of the molecule is C=CCCl.C=CCCl.S. The maximum Gasteiger partial charge on any atom is 0.0401 e. The van der Waals surface area contributed by atoms with Crippen molar-refractivity contribution in [2.45, 2.75) is 0 Å². The Kier molecular flexibility index (Phi) is 42.7. The zero-order valence-electron chi connectivity index (χ0n) is 5.24. The molecule has 0 aliphatic heterocycles. The first kappa shape index (κ1) is 16.2. The minimum atomic E-state index is 0. The number of hydrogen-bond donors (Lipinski definition) is 0. The summed E-state index contributed by atoms with van der Waals surface area (Å²) in [5.41, 5.74) is 0. The molecule has 0 unspecified atom stereocenters. The molecule has 0 saturated heterocycles. The Morgan fingerprint density at radius 2 is 1.11 bits per heavy atom. The third-order valence-electron chi connectivity index (χ3n) is 0.218. The number of allylic oxidation sites excluding steroid dienone is 2. The van der Waals surface area contributed by atoms with E-state index >= 15 is 0 Å². The summed E-state index contributed by atoms with van der Waals surface area (Å²) in [6.45, 7) is 6.69. The van der Waals surface area contributed by atoms with Gasteiger partial charge in [0.05, 0.1) is 0 Å². The van der Waals surface area contributed by atoms with Crippen LogP contribution < -0.4 is 0 Å². The van der Waals surface area contributed by atoms with E-state index in [1.165, 1.54) is 0 Å². The number of halogens is 2. The summed E-state index contributed by atoms with van der Waals surface area (Å²) in [4.78, 5) is 0. The smallest absolute Gasteiger partial charge is 0.0401 e. The lowest BCUT2D eigenvalue weighted by Crippen LogP contribution is -1.45. The van der Waals surface area contributed by atoms with Gasteiger partial charge < -0.3 is 0 Å². The van der Waals surface area contributed by atoms with Gasteiger partial charge in [-0.15, -0.1) is 36.4 Å². The first-order chi connectivity index (χ1) is 3.83. The summed E-state index contributed by atoms with van der Waals surface area (Å²) >= 11 is 10.1. The van der Waals surface area contributed by atoms with E-state index in [9.17, 15) is 0 Å². The average molecular weight is 187 g/mol. The second kappa shape index (κ2) is 23.7. The molecule has 56 valence electrons. The maximum atomic E-state index is 5.07. The number of alkyl halides is 2. The van der Waals surface area contributed by atoms with Crippen molar-refractivity contribution in [1.29, 1.82) is 0 Å². The van der Waals surface area contributed by atoms with E-state index in [4.69, 9.17) is 23.2 Å². The summed E-state index contributed by atoms with van der Waals surface area (Å²) in [7, 11) is 0. The summed E-state index contributed by atoms with van der Waals surface area (Å²) in [5.74, 6) is 1.11. The van der Waals surface area contributed by atoms with E-state index in [0.717, 1.165) is 0 Å². The molecule has 0 spiro atoms. The number of hydrogen-bond acceptors (Lipinski definition) is 0. The Bertz CT molecular complexity index is 47.0. The summed E-state index contributed by atoms with van der Waals surface area (Å²) in [6.07, 6.45) is 3.28. The predicted octanol–water partition coefficient (Wildman–Crippen LogP) is 2.94. The van der Waals surface area contributed by atoms with Gasteiger partial charge in [0.15, 0.2) is 0 Å². The van der Waals surface area contributed by atoms with E-state index in [2.05, 4.69) is 13.2 Å². The molecule has 0 rings (SSSR count). The van der Waals surface area contributed by atoms with Gasteiger partial charge in [-0.25, -0.2) is 0 Å². The van der Waals surface area contributed by atoms with E-state index in [1.807, 2.05) is 0 Å². The first-order valence-corrected chi connectivity index (χ1v) is 3.24. The van der Waals surface area contributed by atoms with E-state index in [1.54, 1.807) is 12.2 Å². The fourth-order valence-corrected chi connectivity index (χ4v) is 0. The lowest BCUT2D eigenvalue weighted by atomic mass is 10.8. The average Bonchev–Trinajstić information content (AvgIpc) is 1.88. The highest BCUT2D eigenvalue weighted by Crippen LogP contribution is 1.67. The zero-order valence-corrected chi connectivity index (χ0v) is 7.75. The van der Waals surface area contributed by atoms with Crippen LogP contribution in [0.3, 0.4) is 0 Å². The van der Waals surface area contributed by atoms with Crippen molar-refractivity contribution in [2.24, 2.45) is 0 Å². The van der Waals surface area contributed by atoms with Crippen LogP contribution in [0.4, 0.5) is 0 Å². The molecule has 0 aliphatic rings. The number of rotatable bonds is 2. The third kappa shape index (κ3) is 59.5. The van der Waals surface area contributed by atoms with E-state index < -0.39 is 0 Å². The van der Waals surface area contributed by atoms with Crippen LogP contribution in [0.5, 0.6) is 0 Å². The van der Waals surface area contributed by atoms with Crippen molar-refractivity contribution in [3.63, 3.8) is 0 Å². The van der Waals surface area contributed by atoms with Crippen molar-refractivity contribution < 1.29 is 0 Å². The molecule has 0 radical (unpaired) electrons. The molecule has 0 fully saturated rings. The van der Waals surface area contributed by atoms with Crippen LogP contribution in [0.15, 0.2) is 25.3 Å². The molecule has 0 aromatic carbocycles. The van der Waals surface area contributed by atoms with Crippen LogP contribution in [-0.2, 0) is 0 Å². The molecule has 0 atom stereocenters. The molecule has 0 nitrogen and oxygen atoms in total. The van der Waals surface area contributed by atoms with Crippen LogP contribution in [0.25, 0.3) is 0 Å². The largest absolute Gasteiger partial charge is 0.197 e. The minimum Gasteiger partial charge on any atom is -0.197 e. The van der Waals surface area contributed by atoms with Gasteiger partial charge in [-0.3, -0.25) is 0 Å². The molecule has 0 aliphatic carbocycles. The monoisotopic (exact) mass is 186 g/mol. The summed E-state index contributed by atoms with van der Waals surface area (Å²) in [5, 5.41) is 0. The Morgan fingerprint density at radius 1 is 1.00 bits per heavy atom. The topological polar surface area (TPSA) is 0 Å². The van der Waals surface area contributed by atoms with Gasteiger partial charge >= 0.3 is 0 Å². The molecule has 0 aromatic rings. The normalized spacial score (nSPS) is 5.56. The van der Waals surface area contributed by atoms with Crippen molar-refractivity contribution in [3.05, 3.63) is 25.3 Å². The van der Waals surface area contributed by atoms with Crippen LogP contribution in [-0.4, -0.2) is 11.8 Å². The Labute approximate surface area is 74.0 Å². The highest BCUT2D eigenvalue weighted by molar-refractivity contribution is 7.59. The van der Waals surface area contributed by atoms with Crippen LogP contribution in [0.1, 0.15) is 0 Å². The zero-order chi connectivity index (χ0) is 6.83. The molecule has 0 amide bonds. The second-order valence-corrected chi connectivity index (χ2v) is 1.50. The van der Waals surface area contributed by atoms with Crippen molar-refractivity contribution in [1.82, 2.24) is 0 Å². The minimum absolute atomic E-state index is 0. The highest BCUT2D eigenvalue weighted by atomic mass is 35.5. The van der Waals surface area contributed by atoms with Gasteiger partial charge in [-0.1, -0.05) is 12.2 Å². The van der Waals surface area contributed by atoms with Crippen molar-refractivity contribution in [2.75, 3.05) is 11.8 Å². The molecule has 0 bridgehead atoms. The molecule has 3 heteroatoms. The van der Waals surface area contributed by atoms with Gasteiger partial charge in [0, 0.05) is 11.8 Å². The van der Waals surface area contributed by atoms with E-state index in [0.29, 0.717) is 11.8 Å². The van der Waals surface area contributed by atoms with Crippen LogP contribution in [0.2, 0.25) is 0 Å². The molecule has 0 heterocycles. The molecule has 0 aromatic heterocycles. The molecule has 0 saturated carbocycles. The maximum absolute atomic E-state index is 5.07. The highest BCUT2D eigenvalue weighted by Gasteiger charge is 1.48. The van der Waals surface area contributed by atoms with Gasteiger partial charge in [0.2, 0.25) is 0 Å². The predicted molar refractivity (Wildman–Crippen MR) is 52.2 cm³/mol. The van der Waals surface area contributed by atoms with Gasteiger partial charge in [-0.2, -0.15) is 13.5 Å². The lowest BCUT2D eigenvalue weighted by Gasteiger charge is -1.55. The van der Waals surface area contributed by atoms with Crippen molar-refractivity contribution >= 4 is 36.7 Å². The lowest BCUT2D eigenvalue weighted by molar-refractivity contribution is 1.80. The summed E-state index contributed by atoms with van der Waals surface area (Å²) in [6, 6.07) is 0. The Morgan fingerprint density at radius 3 is 1.11 bits per heavy atom. The molecule has 9 heavy (non-hydrogen) atoms. The van der Waals surface area contributed by atoms with Crippen molar-refractivity contribution in [3.8, 4) is 0 Å². The fraction of sp³-hybridized carbons (Fsp3) is 0.333. The van der Waals surface area contributed by atoms with Gasteiger partial charge in [-0.05, 0) is 0 Å². The second-order valence-electron chi connectivity index (χ2n) is 0.886. The molecular weight excluding hydrogens is 175 g/mol. The fourth-order valence-electron chi connectivity index (χ4n) is 0. The molecular formula is C6H12Cl2S. The third-order valence-corrected chi connectivity index (χ3v) is 0.655. The molecule has 0 N–H and O–H groups in total. The van der Waals surface area contributed by atoms with E-state index in [-0.39, 0.29) is 13.5 Å². The summed E-state index contributed by atoms with van der Waals surface area (Å²) < 4.78 is 0. The first-order valence-electron chi connectivity index (χ1n) is 2.17. The van der Waals surface area contributed by atoms with Gasteiger partial charge in [0.25, 0.3) is 0 Å². The Balaban J connectivity index is -0.0000000720. The van der Waals surface area contributed by atoms with Crippen LogP contribution >= 0.6 is 36.7 Å². The quantitative estimate of drug-likeness (QED) is 0.460. The van der Waals surface area contributed by atoms with Crippen LogP contribution in [0, 0.1) is 0 Å². The standard InChI is InChI=1S/2C3H5Cl.H2S/c2*1-2-3-4;/h2*2H,1,3H2;1H2. The Hall–Kier alpha value is 0.410. The van der Waals surface area contributed by atoms with Gasteiger partial charge in [0.1, 0.15) is 0 Å².